The molecule has 1 aromatic heterocycles. The number of benzene rings is 1. The first kappa shape index (κ1) is 9.01. The van der Waals surface area contributed by atoms with Crippen molar-refractivity contribution in [2.45, 2.75) is 4.90 Å². The molecule has 72 valence electrons. The van der Waals surface area contributed by atoms with Crippen molar-refractivity contribution in [1.29, 1.82) is 0 Å². The van der Waals surface area contributed by atoms with Crippen molar-refractivity contribution < 1.29 is 4.92 Å². The quantitative estimate of drug-likeness (QED) is 0.467. The van der Waals surface area contributed by atoms with E-state index >= 15 is 0 Å². The van der Waals surface area contributed by atoms with Crippen LogP contribution in [0.1, 0.15) is 0 Å². The summed E-state index contributed by atoms with van der Waals surface area (Å²) < 4.78 is 0. The molecule has 0 saturated heterocycles. The molecule has 1 heterocycles. The fraction of sp³-hybridized carbons (Fsp3) is 0.125. The first-order valence-corrected chi connectivity index (χ1v) is 5.10. The fourth-order valence-electron chi connectivity index (χ4n) is 1.27. The summed E-state index contributed by atoms with van der Waals surface area (Å²) >= 11 is 1.35. The summed E-state index contributed by atoms with van der Waals surface area (Å²) in [5.74, 6) is 0. The summed E-state index contributed by atoms with van der Waals surface area (Å²) in [5.41, 5.74) is 0.950. The third-order valence-electron chi connectivity index (χ3n) is 1.94. The summed E-state index contributed by atoms with van der Waals surface area (Å²) in [4.78, 5) is 11.0. The molecule has 2 aromatic rings. The second-order valence-electron chi connectivity index (χ2n) is 2.74. The number of hydrogen-bond donors (Lipinski definition) is 1. The van der Waals surface area contributed by atoms with Crippen LogP contribution in [0.2, 0.25) is 0 Å². The highest BCUT2D eigenvalue weighted by atomic mass is 32.2. The lowest BCUT2D eigenvalue weighted by Crippen LogP contribution is -1.90. The van der Waals surface area contributed by atoms with Crippen LogP contribution in [0.15, 0.2) is 23.2 Å². The molecule has 1 N–H and O–H groups in total. The Balaban J connectivity index is 2.72. The number of nitro benzene ring substituents is 1. The number of H-pyrrole nitrogens is 1. The van der Waals surface area contributed by atoms with Gasteiger partial charge in [0, 0.05) is 11.5 Å². The molecule has 0 fully saturated rings. The van der Waals surface area contributed by atoms with Gasteiger partial charge in [-0.2, -0.15) is 5.10 Å². The van der Waals surface area contributed by atoms with Gasteiger partial charge in [-0.25, -0.2) is 0 Å². The van der Waals surface area contributed by atoms with Crippen molar-refractivity contribution >= 4 is 28.4 Å². The molecule has 0 aliphatic rings. The van der Waals surface area contributed by atoms with Crippen molar-refractivity contribution in [3.8, 4) is 0 Å². The van der Waals surface area contributed by atoms with E-state index in [1.165, 1.54) is 17.8 Å². The number of aromatic amines is 1. The molecular formula is C8H7N3O2S. The predicted octanol–water partition coefficient (Wildman–Crippen LogP) is 2.19. The van der Waals surface area contributed by atoms with Crippen molar-refractivity contribution in [2.75, 3.05) is 6.26 Å². The Morgan fingerprint density at radius 2 is 2.36 bits per heavy atom. The molecule has 0 aliphatic carbocycles. The molecule has 0 saturated carbocycles. The molecule has 0 amide bonds. The molecule has 2 rings (SSSR count). The minimum atomic E-state index is -0.377. The van der Waals surface area contributed by atoms with Gasteiger partial charge in [0.05, 0.1) is 21.5 Å². The number of hydrogen-bond acceptors (Lipinski definition) is 4. The lowest BCUT2D eigenvalue weighted by molar-refractivity contribution is -0.387. The van der Waals surface area contributed by atoms with Gasteiger partial charge in [0.25, 0.3) is 5.69 Å². The zero-order valence-electron chi connectivity index (χ0n) is 7.35. The average Bonchev–Trinajstić information content (AvgIpc) is 2.62. The second-order valence-corrected chi connectivity index (χ2v) is 3.59. The van der Waals surface area contributed by atoms with E-state index in [-0.39, 0.29) is 10.6 Å². The van der Waals surface area contributed by atoms with Gasteiger partial charge in [-0.1, -0.05) is 0 Å². The van der Waals surface area contributed by atoms with Crippen molar-refractivity contribution in [1.82, 2.24) is 10.2 Å². The number of rotatable bonds is 2. The number of nitro groups is 1. The molecular weight excluding hydrogens is 202 g/mol. The van der Waals surface area contributed by atoms with Crippen LogP contribution in [0.25, 0.3) is 10.9 Å². The van der Waals surface area contributed by atoms with Gasteiger partial charge in [0.1, 0.15) is 0 Å². The summed E-state index contributed by atoms with van der Waals surface area (Å²) in [6.45, 7) is 0. The molecule has 6 heteroatoms. The topological polar surface area (TPSA) is 71.8 Å². The Kier molecular flexibility index (Phi) is 2.12. The molecule has 0 atom stereocenters. The lowest BCUT2D eigenvalue weighted by Gasteiger charge is -1.98. The van der Waals surface area contributed by atoms with E-state index in [1.807, 2.05) is 6.26 Å². The monoisotopic (exact) mass is 209 g/mol. The lowest BCUT2D eigenvalue weighted by atomic mass is 10.2. The Morgan fingerprint density at radius 1 is 1.57 bits per heavy atom. The van der Waals surface area contributed by atoms with Gasteiger partial charge in [-0.05, 0) is 12.3 Å². The van der Waals surface area contributed by atoms with Crippen LogP contribution in [-0.2, 0) is 0 Å². The van der Waals surface area contributed by atoms with E-state index in [1.54, 1.807) is 12.3 Å². The number of nitrogens with zero attached hydrogens (tertiary/aromatic N) is 2. The summed E-state index contributed by atoms with van der Waals surface area (Å²) in [7, 11) is 0. The van der Waals surface area contributed by atoms with Crippen molar-refractivity contribution in [3.05, 3.63) is 28.4 Å². The van der Waals surface area contributed by atoms with Gasteiger partial charge < -0.3 is 0 Å². The summed E-state index contributed by atoms with van der Waals surface area (Å²) in [6, 6.07) is 3.27. The molecule has 0 aliphatic heterocycles. The van der Waals surface area contributed by atoms with Crippen LogP contribution >= 0.6 is 11.8 Å². The summed E-state index contributed by atoms with van der Waals surface area (Å²) in [6.07, 6.45) is 3.39. The molecule has 0 unspecified atom stereocenters. The maximum atomic E-state index is 10.7. The molecule has 14 heavy (non-hydrogen) atoms. The number of nitrogens with one attached hydrogen (secondary N) is 1. The van der Waals surface area contributed by atoms with E-state index in [0.29, 0.717) is 4.90 Å². The number of aromatic nitrogens is 2. The maximum absolute atomic E-state index is 10.7. The zero-order chi connectivity index (χ0) is 10.1. The highest BCUT2D eigenvalue weighted by Gasteiger charge is 2.14. The van der Waals surface area contributed by atoms with Gasteiger partial charge >= 0.3 is 0 Å². The second kappa shape index (κ2) is 3.30. The standard InChI is InChI=1S/C8H7N3O2S/c1-14-8-3-6-5(4-9-10-6)2-7(8)11(12)13/h2-4H,1H3,(H,9,10). The normalized spacial score (nSPS) is 10.6. The van der Waals surface area contributed by atoms with Crippen LogP contribution in [0, 0.1) is 10.1 Å². The third kappa shape index (κ3) is 1.33. The smallest absolute Gasteiger partial charge is 0.278 e. The number of thioether (sulfide) groups is 1. The van der Waals surface area contributed by atoms with Crippen molar-refractivity contribution in [3.63, 3.8) is 0 Å². The van der Waals surface area contributed by atoms with Gasteiger partial charge in [0.2, 0.25) is 0 Å². The van der Waals surface area contributed by atoms with Crippen LogP contribution in [-0.4, -0.2) is 21.4 Å². The van der Waals surface area contributed by atoms with Crippen LogP contribution in [0.4, 0.5) is 5.69 Å². The minimum absolute atomic E-state index is 0.131. The summed E-state index contributed by atoms with van der Waals surface area (Å²) in [5, 5.41) is 18.1. The first-order chi connectivity index (χ1) is 6.72. The molecule has 1 aromatic carbocycles. The SMILES string of the molecule is CSc1cc2[nH]ncc2cc1[N+](=O)[O-]. The third-order valence-corrected chi connectivity index (χ3v) is 2.70. The Hall–Kier alpha value is -1.56. The van der Waals surface area contributed by atoms with Crippen LogP contribution in [0.3, 0.4) is 0 Å². The minimum Gasteiger partial charge on any atom is -0.278 e. The molecule has 0 radical (unpaired) electrons. The van der Waals surface area contributed by atoms with Crippen LogP contribution < -0.4 is 0 Å². The predicted molar refractivity (Wildman–Crippen MR) is 54.5 cm³/mol. The largest absolute Gasteiger partial charge is 0.283 e. The maximum Gasteiger partial charge on any atom is 0.283 e. The van der Waals surface area contributed by atoms with E-state index in [4.69, 9.17) is 0 Å². The Labute approximate surface area is 83.7 Å². The fourth-order valence-corrected chi connectivity index (χ4v) is 1.84. The molecule has 5 nitrogen and oxygen atoms in total. The van der Waals surface area contributed by atoms with Gasteiger partial charge in [-0.15, -0.1) is 11.8 Å². The van der Waals surface area contributed by atoms with E-state index in [2.05, 4.69) is 10.2 Å². The van der Waals surface area contributed by atoms with E-state index in [9.17, 15) is 10.1 Å². The average molecular weight is 209 g/mol. The van der Waals surface area contributed by atoms with E-state index < -0.39 is 0 Å². The highest BCUT2D eigenvalue weighted by Crippen LogP contribution is 2.30. The first-order valence-electron chi connectivity index (χ1n) is 3.88. The highest BCUT2D eigenvalue weighted by molar-refractivity contribution is 7.98. The van der Waals surface area contributed by atoms with Crippen molar-refractivity contribution in [2.24, 2.45) is 0 Å². The Bertz CT molecular complexity index is 494. The number of fused-ring (bicyclic) bond motifs is 1. The van der Waals surface area contributed by atoms with E-state index in [0.717, 1.165) is 10.9 Å². The van der Waals surface area contributed by atoms with Gasteiger partial charge in [-0.3, -0.25) is 15.2 Å². The van der Waals surface area contributed by atoms with Crippen LogP contribution in [0.5, 0.6) is 0 Å². The molecule has 0 spiro atoms. The zero-order valence-corrected chi connectivity index (χ0v) is 8.17. The molecule has 0 bridgehead atoms. The van der Waals surface area contributed by atoms with Gasteiger partial charge in [0.15, 0.2) is 0 Å². The Morgan fingerprint density at radius 3 is 3.00 bits per heavy atom.